The molecule has 0 bridgehead atoms. The van der Waals surface area contributed by atoms with Gasteiger partial charge in [-0.05, 0) is 107 Å². The summed E-state index contributed by atoms with van der Waals surface area (Å²) in [6.45, 7) is 9.57. The molecule has 0 aliphatic heterocycles. The van der Waals surface area contributed by atoms with Gasteiger partial charge in [-0.2, -0.15) is 0 Å². The molecule has 2 aromatic heterocycles. The lowest BCUT2D eigenvalue weighted by Crippen LogP contribution is -2.43. The Kier molecular flexibility index (Phi) is 9.74. The lowest BCUT2D eigenvalue weighted by molar-refractivity contribution is 0.0185. The topological polar surface area (TPSA) is 126 Å². The number of amides is 1. The molecule has 0 spiro atoms. The summed E-state index contributed by atoms with van der Waals surface area (Å²) in [5.41, 5.74) is 3.95. The molecule has 5 rings (SSSR count). The number of pyridine rings is 1. The third-order valence-electron chi connectivity index (χ3n) is 8.16. The summed E-state index contributed by atoms with van der Waals surface area (Å²) in [7, 11) is -2.08. The van der Waals surface area contributed by atoms with Crippen LogP contribution in [0.1, 0.15) is 64.6 Å². The fourth-order valence-electron chi connectivity index (χ4n) is 5.77. The van der Waals surface area contributed by atoms with Gasteiger partial charge in [0.1, 0.15) is 16.3 Å². The molecule has 244 valence electrons. The molecule has 2 N–H and O–H groups in total. The highest BCUT2D eigenvalue weighted by Crippen LogP contribution is 2.32. The first-order valence-corrected chi connectivity index (χ1v) is 17.4. The quantitative estimate of drug-likeness (QED) is 0.197. The first-order chi connectivity index (χ1) is 21.7. The summed E-state index contributed by atoms with van der Waals surface area (Å²) in [4.78, 5) is 28.3. The molecule has 1 aliphatic carbocycles. The standard InChI is InChI=1S/C34H41ClN6O4S/c1-7-22-18-23(27-16-17-30(37-21(27)2)40-46(43,44)29-11-9-8-10-28(29)35)19-24-20-36-32(39-31(22)24)38-25-12-14-26(15-13-25)41(6)33(42)45-34(3,4)5/h8-11,16-20,25-26H,7,12-15H2,1-6H3,(H,37,40)(H,36,38,39)/t25-,26-. The van der Waals surface area contributed by atoms with E-state index < -0.39 is 15.6 Å². The van der Waals surface area contributed by atoms with Crippen molar-refractivity contribution in [2.24, 2.45) is 0 Å². The summed E-state index contributed by atoms with van der Waals surface area (Å²) in [6, 6.07) is 14.3. The Morgan fingerprint density at radius 2 is 1.78 bits per heavy atom. The van der Waals surface area contributed by atoms with Crippen LogP contribution in [0.5, 0.6) is 0 Å². The fourth-order valence-corrected chi connectivity index (χ4v) is 7.29. The predicted octanol–water partition coefficient (Wildman–Crippen LogP) is 7.61. The number of nitrogens with zero attached hydrogens (tertiary/aromatic N) is 4. The summed E-state index contributed by atoms with van der Waals surface area (Å²) in [6.07, 6.45) is 5.87. The summed E-state index contributed by atoms with van der Waals surface area (Å²) in [5.74, 6) is 0.800. The Morgan fingerprint density at radius 1 is 1.07 bits per heavy atom. The van der Waals surface area contributed by atoms with Gasteiger partial charge in [-0.1, -0.05) is 30.7 Å². The van der Waals surface area contributed by atoms with Crippen LogP contribution in [0.2, 0.25) is 5.02 Å². The normalized spacial score (nSPS) is 17.0. The van der Waals surface area contributed by atoms with Crippen molar-refractivity contribution in [1.29, 1.82) is 0 Å². The summed E-state index contributed by atoms with van der Waals surface area (Å²) >= 11 is 6.12. The van der Waals surface area contributed by atoms with E-state index in [1.165, 1.54) is 12.1 Å². The largest absolute Gasteiger partial charge is 0.444 e. The van der Waals surface area contributed by atoms with Gasteiger partial charge in [0, 0.05) is 42.0 Å². The van der Waals surface area contributed by atoms with Crippen molar-refractivity contribution in [3.05, 3.63) is 71.0 Å². The van der Waals surface area contributed by atoms with E-state index >= 15 is 0 Å². The maximum atomic E-state index is 12.9. The van der Waals surface area contributed by atoms with Gasteiger partial charge >= 0.3 is 6.09 Å². The van der Waals surface area contributed by atoms with Crippen molar-refractivity contribution < 1.29 is 17.9 Å². The number of aryl methyl sites for hydroxylation is 2. The van der Waals surface area contributed by atoms with Crippen molar-refractivity contribution in [3.63, 3.8) is 0 Å². The van der Waals surface area contributed by atoms with Crippen LogP contribution in [0.3, 0.4) is 0 Å². The number of ether oxygens (including phenoxy) is 1. The molecular formula is C34H41ClN6O4S. The van der Waals surface area contributed by atoms with E-state index in [0.29, 0.717) is 11.6 Å². The third kappa shape index (κ3) is 7.70. The smallest absolute Gasteiger partial charge is 0.410 e. The number of halogens is 1. The Morgan fingerprint density at radius 3 is 2.43 bits per heavy atom. The van der Waals surface area contributed by atoms with Gasteiger partial charge in [0.2, 0.25) is 5.95 Å². The monoisotopic (exact) mass is 664 g/mol. The molecule has 1 amide bonds. The van der Waals surface area contributed by atoms with Crippen LogP contribution in [-0.4, -0.2) is 59.1 Å². The average Bonchev–Trinajstić information content (AvgIpc) is 3.00. The molecule has 1 fully saturated rings. The van der Waals surface area contributed by atoms with Crippen LogP contribution in [0.15, 0.2) is 59.6 Å². The maximum Gasteiger partial charge on any atom is 0.410 e. The lowest BCUT2D eigenvalue weighted by Gasteiger charge is -2.35. The molecule has 10 nitrogen and oxygen atoms in total. The lowest BCUT2D eigenvalue weighted by atomic mass is 9.90. The molecule has 0 saturated heterocycles. The molecule has 2 heterocycles. The predicted molar refractivity (Wildman–Crippen MR) is 183 cm³/mol. The number of anilines is 2. The Hall–Kier alpha value is -3.96. The zero-order valence-corrected chi connectivity index (χ0v) is 28.7. The van der Waals surface area contributed by atoms with Gasteiger partial charge in [0.05, 0.1) is 10.5 Å². The molecule has 0 atom stereocenters. The van der Waals surface area contributed by atoms with Gasteiger partial charge in [-0.3, -0.25) is 4.72 Å². The number of benzene rings is 2. The van der Waals surface area contributed by atoms with Crippen molar-refractivity contribution in [3.8, 4) is 11.1 Å². The number of hydrogen-bond acceptors (Lipinski definition) is 8. The van der Waals surface area contributed by atoms with E-state index in [9.17, 15) is 13.2 Å². The van der Waals surface area contributed by atoms with E-state index in [1.807, 2.05) is 53.1 Å². The van der Waals surface area contributed by atoms with Crippen LogP contribution in [0.25, 0.3) is 22.0 Å². The van der Waals surface area contributed by atoms with Crippen molar-refractivity contribution in [2.75, 3.05) is 17.1 Å². The van der Waals surface area contributed by atoms with E-state index in [2.05, 4.69) is 33.0 Å². The van der Waals surface area contributed by atoms with Gasteiger partial charge < -0.3 is 15.0 Å². The number of hydrogen-bond donors (Lipinski definition) is 2. The van der Waals surface area contributed by atoms with Gasteiger partial charge in [0.25, 0.3) is 10.0 Å². The second-order valence-electron chi connectivity index (χ2n) is 12.7. The minimum absolute atomic E-state index is 0.00495. The Bertz CT molecular complexity index is 1850. The minimum Gasteiger partial charge on any atom is -0.444 e. The van der Waals surface area contributed by atoms with Gasteiger partial charge in [-0.25, -0.2) is 28.2 Å². The van der Waals surface area contributed by atoms with Crippen molar-refractivity contribution >= 4 is 50.4 Å². The number of sulfonamides is 1. The molecule has 4 aromatic rings. The molecule has 46 heavy (non-hydrogen) atoms. The van der Waals surface area contributed by atoms with Crippen molar-refractivity contribution in [1.82, 2.24) is 19.9 Å². The van der Waals surface area contributed by atoms with Gasteiger partial charge in [0.15, 0.2) is 0 Å². The zero-order chi connectivity index (χ0) is 33.2. The SMILES string of the molecule is CCc1cc(-c2ccc(NS(=O)(=O)c3ccccc3Cl)nc2C)cc2cnc(N[C@H]3CC[C@H](N(C)C(=O)OC(C)(C)C)CC3)nc12. The number of nitrogens with one attached hydrogen (secondary N) is 2. The second-order valence-corrected chi connectivity index (χ2v) is 14.8. The van der Waals surface area contributed by atoms with Crippen molar-refractivity contribution in [2.45, 2.75) is 89.3 Å². The molecular weight excluding hydrogens is 624 g/mol. The molecule has 0 unspecified atom stereocenters. The van der Waals surface area contributed by atoms with E-state index in [1.54, 1.807) is 23.1 Å². The average molecular weight is 665 g/mol. The summed E-state index contributed by atoms with van der Waals surface area (Å²) < 4.78 is 33.9. The molecule has 0 radical (unpaired) electrons. The Labute approximate surface area is 276 Å². The van der Waals surface area contributed by atoms with Crippen LogP contribution in [-0.2, 0) is 21.2 Å². The van der Waals surface area contributed by atoms with Gasteiger partial charge in [-0.15, -0.1) is 0 Å². The number of rotatable bonds is 8. The Balaban J connectivity index is 1.29. The second kappa shape index (κ2) is 13.4. The molecule has 1 aliphatic rings. The third-order valence-corrected chi connectivity index (χ3v) is 10.0. The number of carbonyl (C=O) groups is 1. The highest BCUT2D eigenvalue weighted by Gasteiger charge is 2.29. The van der Waals surface area contributed by atoms with E-state index in [4.69, 9.17) is 21.3 Å². The number of aromatic nitrogens is 3. The highest BCUT2D eigenvalue weighted by atomic mass is 35.5. The summed E-state index contributed by atoms with van der Waals surface area (Å²) in [5, 5.41) is 4.56. The van der Waals surface area contributed by atoms with E-state index in [-0.39, 0.29) is 33.9 Å². The first-order valence-electron chi connectivity index (χ1n) is 15.5. The first kappa shape index (κ1) is 33.4. The van der Waals surface area contributed by atoms with Crippen LogP contribution in [0.4, 0.5) is 16.6 Å². The van der Waals surface area contributed by atoms with Crippen LogP contribution < -0.4 is 10.0 Å². The molecule has 12 heteroatoms. The number of carbonyl (C=O) groups excluding carboxylic acids is 1. The highest BCUT2D eigenvalue weighted by molar-refractivity contribution is 7.92. The van der Waals surface area contributed by atoms with E-state index in [0.717, 1.165) is 59.7 Å². The zero-order valence-electron chi connectivity index (χ0n) is 27.1. The maximum absolute atomic E-state index is 12.9. The molecule has 1 saturated carbocycles. The van der Waals surface area contributed by atoms with Crippen LogP contribution >= 0.6 is 11.6 Å². The fraction of sp³-hybridized carbons (Fsp3) is 0.412. The van der Waals surface area contributed by atoms with Crippen LogP contribution in [0, 0.1) is 6.92 Å². The molecule has 2 aromatic carbocycles. The number of fused-ring (bicyclic) bond motifs is 1. The minimum atomic E-state index is -3.90.